The Morgan fingerprint density at radius 1 is 1.50 bits per heavy atom. The van der Waals surface area contributed by atoms with Crippen molar-refractivity contribution in [2.45, 2.75) is 24.6 Å². The standard InChI is InChI=1S/C8H14O8/c1-5(11)16-7(13,4-10)8(14,15-2)6(12)3-9/h3,6,10,12-14H,4H2,1-2H3/t6-,7-,8-/m1/s1. The Morgan fingerprint density at radius 2 is 2.00 bits per heavy atom. The first-order valence-electron chi connectivity index (χ1n) is 4.21. The second-order valence-corrected chi connectivity index (χ2v) is 3.02. The molecule has 0 spiro atoms. The van der Waals surface area contributed by atoms with E-state index in [1.807, 2.05) is 0 Å². The van der Waals surface area contributed by atoms with E-state index in [4.69, 9.17) is 10.2 Å². The molecule has 4 N–H and O–H groups in total. The molecule has 0 aliphatic carbocycles. The third-order valence-electron chi connectivity index (χ3n) is 1.93. The van der Waals surface area contributed by atoms with E-state index in [1.54, 1.807) is 0 Å². The molecule has 0 aromatic heterocycles. The van der Waals surface area contributed by atoms with Crippen LogP contribution in [-0.2, 0) is 19.1 Å². The van der Waals surface area contributed by atoms with Gasteiger partial charge in [0.1, 0.15) is 6.61 Å². The van der Waals surface area contributed by atoms with Crippen molar-refractivity contribution in [3.63, 3.8) is 0 Å². The zero-order valence-corrected chi connectivity index (χ0v) is 8.78. The fourth-order valence-corrected chi connectivity index (χ4v) is 1.06. The zero-order valence-electron chi connectivity index (χ0n) is 8.78. The fourth-order valence-electron chi connectivity index (χ4n) is 1.06. The molecule has 8 nitrogen and oxygen atoms in total. The predicted molar refractivity (Wildman–Crippen MR) is 47.8 cm³/mol. The van der Waals surface area contributed by atoms with Crippen LogP contribution in [0.4, 0.5) is 0 Å². The first-order chi connectivity index (χ1) is 7.27. The van der Waals surface area contributed by atoms with Gasteiger partial charge in [-0.2, -0.15) is 0 Å². The average Bonchev–Trinajstić information content (AvgIpc) is 2.25. The number of ether oxygens (including phenoxy) is 2. The normalized spacial score (nSPS) is 20.4. The maximum absolute atomic E-state index is 10.7. The minimum Gasteiger partial charge on any atom is -0.425 e. The van der Waals surface area contributed by atoms with E-state index in [0.29, 0.717) is 0 Å². The summed E-state index contributed by atoms with van der Waals surface area (Å²) < 4.78 is 8.57. The molecule has 0 radical (unpaired) electrons. The van der Waals surface area contributed by atoms with Crippen molar-refractivity contribution < 1.29 is 39.5 Å². The molecule has 0 heterocycles. The van der Waals surface area contributed by atoms with E-state index in [1.165, 1.54) is 0 Å². The highest BCUT2D eigenvalue weighted by atomic mass is 16.7. The van der Waals surface area contributed by atoms with Crippen LogP contribution in [0.2, 0.25) is 0 Å². The van der Waals surface area contributed by atoms with Crippen LogP contribution in [-0.4, -0.2) is 64.1 Å². The van der Waals surface area contributed by atoms with E-state index >= 15 is 0 Å². The molecule has 16 heavy (non-hydrogen) atoms. The van der Waals surface area contributed by atoms with Gasteiger partial charge in [0.05, 0.1) is 0 Å². The van der Waals surface area contributed by atoms with Gasteiger partial charge in [-0.05, 0) is 0 Å². The second kappa shape index (κ2) is 5.32. The van der Waals surface area contributed by atoms with Crippen molar-refractivity contribution in [2.75, 3.05) is 13.7 Å². The molecule has 94 valence electrons. The van der Waals surface area contributed by atoms with Crippen LogP contribution >= 0.6 is 0 Å². The molecule has 0 aromatic carbocycles. The summed E-state index contributed by atoms with van der Waals surface area (Å²) in [7, 11) is 0.844. The lowest BCUT2D eigenvalue weighted by Crippen LogP contribution is -2.66. The second-order valence-electron chi connectivity index (χ2n) is 3.02. The summed E-state index contributed by atoms with van der Waals surface area (Å²) in [6.45, 7) is -0.383. The lowest BCUT2D eigenvalue weighted by molar-refractivity contribution is -0.392. The maximum atomic E-state index is 10.7. The smallest absolute Gasteiger partial charge is 0.305 e. The van der Waals surface area contributed by atoms with E-state index in [2.05, 4.69) is 9.47 Å². The predicted octanol–water partition coefficient (Wildman–Crippen LogP) is -2.87. The summed E-state index contributed by atoms with van der Waals surface area (Å²) in [5, 5.41) is 37.3. The van der Waals surface area contributed by atoms with E-state index in [-0.39, 0.29) is 6.29 Å². The minimum atomic E-state index is -2.96. The van der Waals surface area contributed by atoms with Crippen molar-refractivity contribution in [2.24, 2.45) is 0 Å². The van der Waals surface area contributed by atoms with E-state index < -0.39 is 30.3 Å². The van der Waals surface area contributed by atoms with Crippen LogP contribution in [0.5, 0.6) is 0 Å². The highest BCUT2D eigenvalue weighted by molar-refractivity contribution is 5.67. The number of rotatable bonds is 6. The number of aldehydes is 1. The van der Waals surface area contributed by atoms with Crippen LogP contribution in [0.3, 0.4) is 0 Å². The average molecular weight is 238 g/mol. The largest absolute Gasteiger partial charge is 0.425 e. The molecule has 0 unspecified atom stereocenters. The Labute approximate surface area is 91.0 Å². The van der Waals surface area contributed by atoms with Crippen molar-refractivity contribution in [3.05, 3.63) is 0 Å². The molecule has 0 amide bonds. The third-order valence-corrected chi connectivity index (χ3v) is 1.93. The molecule has 0 saturated carbocycles. The van der Waals surface area contributed by atoms with Gasteiger partial charge in [0.2, 0.25) is 0 Å². The van der Waals surface area contributed by atoms with Gasteiger partial charge < -0.3 is 34.7 Å². The summed E-state index contributed by atoms with van der Waals surface area (Å²) in [5.74, 6) is -6.96. The Balaban J connectivity index is 5.29. The Kier molecular flexibility index (Phi) is 4.97. The number of carbonyl (C=O) groups excluding carboxylic acids is 2. The monoisotopic (exact) mass is 238 g/mol. The minimum absolute atomic E-state index is 0.145. The molecule has 0 rings (SSSR count). The van der Waals surface area contributed by atoms with Gasteiger partial charge in [0, 0.05) is 14.0 Å². The fraction of sp³-hybridized carbons (Fsp3) is 0.750. The van der Waals surface area contributed by atoms with Gasteiger partial charge in [-0.1, -0.05) is 0 Å². The highest BCUT2D eigenvalue weighted by Gasteiger charge is 2.58. The molecule has 0 saturated heterocycles. The van der Waals surface area contributed by atoms with Crippen molar-refractivity contribution in [3.8, 4) is 0 Å². The van der Waals surface area contributed by atoms with Crippen LogP contribution in [0.25, 0.3) is 0 Å². The molecular formula is C8H14O8. The Bertz CT molecular complexity index is 267. The zero-order chi connectivity index (χ0) is 13.0. The lowest BCUT2D eigenvalue weighted by Gasteiger charge is -2.40. The number of hydrogen-bond acceptors (Lipinski definition) is 8. The van der Waals surface area contributed by atoms with E-state index in [0.717, 1.165) is 14.0 Å². The summed E-state index contributed by atoms with van der Waals surface area (Å²) in [6, 6.07) is 0. The number of esters is 1. The molecule has 0 aliphatic rings. The molecule has 0 bridgehead atoms. The molecule has 0 fully saturated rings. The number of carbonyl (C=O) groups is 2. The molecule has 0 aromatic rings. The molecular weight excluding hydrogens is 224 g/mol. The van der Waals surface area contributed by atoms with Gasteiger partial charge in [0.15, 0.2) is 12.4 Å². The Hall–Kier alpha value is -1.06. The Morgan fingerprint density at radius 3 is 2.25 bits per heavy atom. The number of aliphatic hydroxyl groups is 4. The van der Waals surface area contributed by atoms with Crippen LogP contribution in [0, 0.1) is 0 Å². The van der Waals surface area contributed by atoms with Crippen LogP contribution < -0.4 is 0 Å². The van der Waals surface area contributed by atoms with Crippen molar-refractivity contribution in [1.29, 1.82) is 0 Å². The van der Waals surface area contributed by atoms with E-state index in [9.17, 15) is 19.8 Å². The molecule has 8 heteroatoms. The number of aliphatic hydroxyl groups excluding tert-OH is 2. The van der Waals surface area contributed by atoms with Gasteiger partial charge in [-0.25, -0.2) is 0 Å². The topological polar surface area (TPSA) is 134 Å². The van der Waals surface area contributed by atoms with Gasteiger partial charge in [-0.15, -0.1) is 0 Å². The summed E-state index contributed by atoms with van der Waals surface area (Å²) >= 11 is 0. The first kappa shape index (κ1) is 14.9. The highest BCUT2D eigenvalue weighted by Crippen LogP contribution is 2.27. The SMILES string of the molecule is CO[C@](O)([C@H](O)C=O)[C@@](O)(CO)OC(C)=O. The first-order valence-corrected chi connectivity index (χ1v) is 4.21. The van der Waals surface area contributed by atoms with Crippen molar-refractivity contribution in [1.82, 2.24) is 0 Å². The molecule has 0 aliphatic heterocycles. The summed E-state index contributed by atoms with van der Waals surface area (Å²) in [5.41, 5.74) is 0. The number of methoxy groups -OCH3 is 1. The van der Waals surface area contributed by atoms with Crippen LogP contribution in [0.15, 0.2) is 0 Å². The van der Waals surface area contributed by atoms with Crippen LogP contribution in [0.1, 0.15) is 6.92 Å². The lowest BCUT2D eigenvalue weighted by atomic mass is 10.0. The maximum Gasteiger partial charge on any atom is 0.305 e. The molecule has 3 atom stereocenters. The summed E-state index contributed by atoms with van der Waals surface area (Å²) in [4.78, 5) is 21.0. The van der Waals surface area contributed by atoms with Gasteiger partial charge in [0.25, 0.3) is 11.6 Å². The van der Waals surface area contributed by atoms with Crippen molar-refractivity contribution >= 4 is 12.3 Å². The van der Waals surface area contributed by atoms with Gasteiger partial charge in [-0.3, -0.25) is 4.79 Å². The third kappa shape index (κ3) is 2.54. The summed E-state index contributed by atoms with van der Waals surface area (Å²) in [6.07, 6.45) is -2.36. The van der Waals surface area contributed by atoms with Gasteiger partial charge >= 0.3 is 5.97 Å². The number of hydrogen-bond donors (Lipinski definition) is 4. The quantitative estimate of drug-likeness (QED) is 0.220.